The first-order chi connectivity index (χ1) is 11.9. The van der Waals surface area contributed by atoms with Crippen LogP contribution >= 0.6 is 0 Å². The number of rotatable bonds is 7. The smallest absolute Gasteiger partial charge is 0.224 e. The lowest BCUT2D eigenvalue weighted by Gasteiger charge is -2.30. The highest BCUT2D eigenvalue weighted by molar-refractivity contribution is 7.90. The number of ether oxygens (including phenoxy) is 1. The quantitative estimate of drug-likeness (QED) is 0.747. The molecule has 0 aromatic heterocycles. The Bertz CT molecular complexity index is 722. The fourth-order valence-corrected chi connectivity index (χ4v) is 5.24. The lowest BCUT2D eigenvalue weighted by atomic mass is 9.80. The van der Waals surface area contributed by atoms with Gasteiger partial charge in [0.1, 0.15) is 12.3 Å². The molecule has 2 unspecified atom stereocenters. The summed E-state index contributed by atoms with van der Waals surface area (Å²) in [5.41, 5.74) is 0.710. The van der Waals surface area contributed by atoms with E-state index in [2.05, 4.69) is 5.32 Å². The third-order valence-corrected chi connectivity index (χ3v) is 6.31. The summed E-state index contributed by atoms with van der Waals surface area (Å²) in [5.74, 6) is -0.0686. The van der Waals surface area contributed by atoms with E-state index in [1.165, 1.54) is 0 Å². The van der Waals surface area contributed by atoms with E-state index in [4.69, 9.17) is 10.00 Å². The number of benzene rings is 1. The molecule has 2 atom stereocenters. The first-order valence-corrected chi connectivity index (χ1v) is 10.3. The molecule has 7 heteroatoms. The lowest BCUT2D eigenvalue weighted by molar-refractivity contribution is -0.127. The Morgan fingerprint density at radius 1 is 1.28 bits per heavy atom. The van der Waals surface area contributed by atoms with Crippen LogP contribution in [-0.2, 0) is 20.4 Å². The molecule has 0 aliphatic heterocycles. The fraction of sp³-hybridized carbons (Fsp3) is 0.556. The molecule has 0 heterocycles. The van der Waals surface area contributed by atoms with E-state index in [0.29, 0.717) is 17.7 Å². The average molecular weight is 364 g/mol. The van der Waals surface area contributed by atoms with Crippen LogP contribution in [0.15, 0.2) is 24.3 Å². The minimum Gasteiger partial charge on any atom is -0.497 e. The summed E-state index contributed by atoms with van der Waals surface area (Å²) in [5, 5.41) is 11.2. The molecule has 1 aromatic rings. The minimum atomic E-state index is -3.33. The summed E-state index contributed by atoms with van der Waals surface area (Å²) in [4.78, 5) is 12.2. The van der Waals surface area contributed by atoms with Gasteiger partial charge in [-0.1, -0.05) is 25.0 Å². The number of carbonyl (C=O) groups is 1. The van der Waals surface area contributed by atoms with Gasteiger partial charge in [0.05, 0.1) is 24.7 Å². The molecule has 1 N–H and O–H groups in total. The summed E-state index contributed by atoms with van der Waals surface area (Å²) >= 11 is 0. The van der Waals surface area contributed by atoms with Crippen molar-refractivity contribution in [2.24, 2.45) is 11.8 Å². The Labute approximate surface area is 149 Å². The summed E-state index contributed by atoms with van der Waals surface area (Å²) in [6.45, 7) is -0.0410. The standard InChI is InChI=1S/C18H24N2O4S/c1-24-16-8-6-14(7-9-16)12-25(22,23)13-15-4-2-3-5-17(15)18(21)20-11-10-19/h6-9,15,17H,2-5,11-13H2,1H3,(H,20,21). The Hall–Kier alpha value is -2.07. The van der Waals surface area contributed by atoms with E-state index in [1.807, 2.05) is 6.07 Å². The SMILES string of the molecule is COc1ccc(CS(=O)(=O)CC2CCCCC2C(=O)NCC#N)cc1. The van der Waals surface area contributed by atoms with Crippen molar-refractivity contribution in [3.05, 3.63) is 29.8 Å². The number of sulfone groups is 1. The second-order valence-corrected chi connectivity index (χ2v) is 8.54. The van der Waals surface area contributed by atoms with Crippen molar-refractivity contribution in [2.45, 2.75) is 31.4 Å². The Morgan fingerprint density at radius 2 is 1.96 bits per heavy atom. The van der Waals surface area contributed by atoms with Crippen molar-refractivity contribution in [1.29, 1.82) is 5.26 Å². The number of nitriles is 1. The number of hydrogen-bond acceptors (Lipinski definition) is 5. The maximum atomic E-state index is 12.6. The van der Waals surface area contributed by atoms with Gasteiger partial charge in [-0.15, -0.1) is 0 Å². The van der Waals surface area contributed by atoms with Crippen LogP contribution in [0.3, 0.4) is 0 Å². The van der Waals surface area contributed by atoms with Crippen LogP contribution < -0.4 is 10.1 Å². The first kappa shape index (κ1) is 19.3. The molecule has 6 nitrogen and oxygen atoms in total. The number of hydrogen-bond donors (Lipinski definition) is 1. The molecular weight excluding hydrogens is 340 g/mol. The topological polar surface area (TPSA) is 96.3 Å². The summed E-state index contributed by atoms with van der Waals surface area (Å²) in [6.07, 6.45) is 3.26. The molecule has 1 saturated carbocycles. The maximum Gasteiger partial charge on any atom is 0.224 e. The van der Waals surface area contributed by atoms with Crippen LogP contribution in [0.1, 0.15) is 31.2 Å². The maximum absolute atomic E-state index is 12.6. The number of amides is 1. The lowest BCUT2D eigenvalue weighted by Crippen LogP contribution is -2.39. The highest BCUT2D eigenvalue weighted by Gasteiger charge is 2.33. The normalized spacial score (nSPS) is 20.5. The van der Waals surface area contributed by atoms with Crippen molar-refractivity contribution < 1.29 is 17.9 Å². The Balaban J connectivity index is 2.03. The third kappa shape index (κ3) is 5.75. The number of nitrogens with one attached hydrogen (secondary N) is 1. The highest BCUT2D eigenvalue weighted by atomic mass is 32.2. The summed E-state index contributed by atoms with van der Waals surface area (Å²) in [6, 6.07) is 8.85. The second-order valence-electron chi connectivity index (χ2n) is 6.43. The van der Waals surface area contributed by atoms with Gasteiger partial charge in [0.25, 0.3) is 0 Å². The zero-order valence-corrected chi connectivity index (χ0v) is 15.2. The monoisotopic (exact) mass is 364 g/mol. The van der Waals surface area contributed by atoms with E-state index < -0.39 is 9.84 Å². The fourth-order valence-electron chi connectivity index (χ4n) is 3.37. The largest absolute Gasteiger partial charge is 0.497 e. The van der Waals surface area contributed by atoms with Crippen molar-refractivity contribution >= 4 is 15.7 Å². The summed E-state index contributed by atoms with van der Waals surface area (Å²) < 4.78 is 30.3. The van der Waals surface area contributed by atoms with Crippen molar-refractivity contribution in [3.63, 3.8) is 0 Å². The van der Waals surface area contributed by atoms with Gasteiger partial charge < -0.3 is 10.1 Å². The molecule has 1 aromatic carbocycles. The molecule has 1 amide bonds. The zero-order valence-electron chi connectivity index (χ0n) is 14.4. The van der Waals surface area contributed by atoms with E-state index in [1.54, 1.807) is 31.4 Å². The molecule has 1 fully saturated rings. The van der Waals surface area contributed by atoms with E-state index in [0.717, 1.165) is 19.3 Å². The predicted molar refractivity (Wildman–Crippen MR) is 94.6 cm³/mol. The molecule has 0 radical (unpaired) electrons. The Morgan fingerprint density at radius 3 is 2.60 bits per heavy atom. The highest BCUT2D eigenvalue weighted by Crippen LogP contribution is 2.32. The van der Waals surface area contributed by atoms with Gasteiger partial charge >= 0.3 is 0 Å². The van der Waals surface area contributed by atoms with Gasteiger partial charge in [0.15, 0.2) is 9.84 Å². The molecule has 0 bridgehead atoms. The minimum absolute atomic E-state index is 0.00364. The summed E-state index contributed by atoms with van der Waals surface area (Å²) in [7, 11) is -1.76. The second kappa shape index (κ2) is 8.86. The molecule has 136 valence electrons. The van der Waals surface area contributed by atoms with Gasteiger partial charge in [0.2, 0.25) is 5.91 Å². The van der Waals surface area contributed by atoms with Gasteiger partial charge in [-0.25, -0.2) is 8.42 Å². The van der Waals surface area contributed by atoms with Crippen LogP contribution in [0.4, 0.5) is 0 Å². The number of carbonyl (C=O) groups excluding carboxylic acids is 1. The Kier molecular flexibility index (Phi) is 6.82. The van der Waals surface area contributed by atoms with Crippen LogP contribution in [0.25, 0.3) is 0 Å². The van der Waals surface area contributed by atoms with Crippen LogP contribution in [0.5, 0.6) is 5.75 Å². The van der Waals surface area contributed by atoms with Crippen LogP contribution in [0, 0.1) is 23.2 Å². The third-order valence-electron chi connectivity index (χ3n) is 4.60. The molecule has 1 aliphatic rings. The van der Waals surface area contributed by atoms with E-state index in [-0.39, 0.29) is 35.8 Å². The number of methoxy groups -OCH3 is 1. The van der Waals surface area contributed by atoms with Gasteiger partial charge in [-0.3, -0.25) is 4.79 Å². The molecule has 2 rings (SSSR count). The predicted octanol–water partition coefficient (Wildman–Crippen LogP) is 2.06. The van der Waals surface area contributed by atoms with Crippen LogP contribution in [-0.4, -0.2) is 33.7 Å². The van der Waals surface area contributed by atoms with Crippen molar-refractivity contribution in [1.82, 2.24) is 5.32 Å². The molecule has 0 spiro atoms. The van der Waals surface area contributed by atoms with Crippen LogP contribution in [0.2, 0.25) is 0 Å². The molecule has 25 heavy (non-hydrogen) atoms. The van der Waals surface area contributed by atoms with Gasteiger partial charge in [0, 0.05) is 5.92 Å². The van der Waals surface area contributed by atoms with E-state index >= 15 is 0 Å². The first-order valence-electron chi connectivity index (χ1n) is 8.43. The molecule has 0 saturated heterocycles. The zero-order chi connectivity index (χ0) is 18.3. The van der Waals surface area contributed by atoms with Gasteiger partial charge in [-0.2, -0.15) is 5.26 Å². The van der Waals surface area contributed by atoms with Crippen molar-refractivity contribution in [3.8, 4) is 11.8 Å². The molecule has 1 aliphatic carbocycles. The number of nitrogens with zero attached hydrogens (tertiary/aromatic N) is 1. The van der Waals surface area contributed by atoms with Gasteiger partial charge in [-0.05, 0) is 36.5 Å². The van der Waals surface area contributed by atoms with Crippen molar-refractivity contribution in [2.75, 3.05) is 19.4 Å². The van der Waals surface area contributed by atoms with E-state index in [9.17, 15) is 13.2 Å². The average Bonchev–Trinajstić information content (AvgIpc) is 2.60. The molecular formula is C18H24N2O4S.